The van der Waals surface area contributed by atoms with Crippen molar-refractivity contribution in [3.8, 4) is 5.75 Å². The number of hydrogen-bond acceptors (Lipinski definition) is 6. The van der Waals surface area contributed by atoms with Gasteiger partial charge in [-0.15, -0.1) is 0 Å². The van der Waals surface area contributed by atoms with Crippen molar-refractivity contribution in [1.82, 2.24) is 0 Å². The van der Waals surface area contributed by atoms with E-state index in [9.17, 15) is 9.59 Å². The molecule has 0 saturated heterocycles. The van der Waals surface area contributed by atoms with Gasteiger partial charge in [-0.2, -0.15) is 0 Å². The fraction of sp³-hybridized carbons (Fsp3) is 0.533. The van der Waals surface area contributed by atoms with Crippen molar-refractivity contribution in [2.24, 2.45) is 17.3 Å². The summed E-state index contributed by atoms with van der Waals surface area (Å²) in [5.74, 6) is 0.630. The van der Waals surface area contributed by atoms with Crippen molar-refractivity contribution in [3.63, 3.8) is 0 Å². The molecule has 0 amide bonds. The first-order chi connectivity index (χ1) is 17.7. The molecule has 1 aliphatic heterocycles. The summed E-state index contributed by atoms with van der Waals surface area (Å²) in [5, 5.41) is 0.729. The first kappa shape index (κ1) is 27.3. The van der Waals surface area contributed by atoms with Gasteiger partial charge in [0.15, 0.2) is 0 Å². The normalized spacial score (nSPS) is 21.6. The van der Waals surface area contributed by atoms with Crippen molar-refractivity contribution in [2.75, 3.05) is 31.7 Å². The fourth-order valence-electron chi connectivity index (χ4n) is 5.23. The van der Waals surface area contributed by atoms with Gasteiger partial charge in [0.2, 0.25) is 0 Å². The van der Waals surface area contributed by atoms with Gasteiger partial charge < -0.3 is 19.1 Å². The van der Waals surface area contributed by atoms with Crippen LogP contribution in [0.5, 0.6) is 5.75 Å². The van der Waals surface area contributed by atoms with Gasteiger partial charge in [0.1, 0.15) is 12.4 Å². The Hall–Kier alpha value is -2.73. The lowest BCUT2D eigenvalue weighted by Gasteiger charge is -2.47. The van der Waals surface area contributed by atoms with Gasteiger partial charge in [-0.05, 0) is 92.3 Å². The van der Waals surface area contributed by atoms with Crippen LogP contribution in [0.15, 0.2) is 36.4 Å². The Balaban J connectivity index is 1.67. The third kappa shape index (κ3) is 6.23. The van der Waals surface area contributed by atoms with E-state index in [1.54, 1.807) is 6.07 Å². The number of ether oxygens (including phenoxy) is 3. The summed E-state index contributed by atoms with van der Waals surface area (Å²) in [4.78, 5) is 27.7. The third-order valence-corrected chi connectivity index (χ3v) is 8.00. The Morgan fingerprint density at radius 1 is 1.16 bits per heavy atom. The van der Waals surface area contributed by atoms with E-state index >= 15 is 0 Å². The van der Waals surface area contributed by atoms with Gasteiger partial charge in [0.25, 0.3) is 0 Å². The summed E-state index contributed by atoms with van der Waals surface area (Å²) in [6, 6.07) is 11.5. The second-order valence-electron chi connectivity index (χ2n) is 10.9. The Morgan fingerprint density at radius 3 is 2.68 bits per heavy atom. The second-order valence-corrected chi connectivity index (χ2v) is 11.4. The zero-order chi connectivity index (χ0) is 26.6. The van der Waals surface area contributed by atoms with Crippen LogP contribution in [-0.4, -0.2) is 38.7 Å². The first-order valence-corrected chi connectivity index (χ1v) is 13.6. The standard InChI is InChI=1S/C30H38ClNO5/c1-20(2)18-37-28(33)22-9-11-27-26(16-22)32(17-24-12-13-30(24,3)29(34)35-4)14-6-5-7-21-15-25(31)10-8-23(21)19-36-27/h8-11,15-16,20,24H,5-7,12-14,17-19H2,1-4H3/t24-,30+/m1/s1. The summed E-state index contributed by atoms with van der Waals surface area (Å²) in [5.41, 5.74) is 3.17. The van der Waals surface area contributed by atoms with Crippen molar-refractivity contribution in [1.29, 1.82) is 0 Å². The molecule has 6 nitrogen and oxygen atoms in total. The minimum absolute atomic E-state index is 0.156. The minimum Gasteiger partial charge on any atom is -0.487 e. The van der Waals surface area contributed by atoms with Crippen LogP contribution >= 0.6 is 11.6 Å². The molecule has 1 saturated carbocycles. The molecule has 0 spiro atoms. The number of nitrogens with zero attached hydrogens (tertiary/aromatic N) is 1. The van der Waals surface area contributed by atoms with E-state index < -0.39 is 5.41 Å². The van der Waals surface area contributed by atoms with Crippen molar-refractivity contribution < 1.29 is 23.8 Å². The Morgan fingerprint density at radius 2 is 1.97 bits per heavy atom. The number of aryl methyl sites for hydroxylation is 1. The number of rotatable bonds is 6. The zero-order valence-electron chi connectivity index (χ0n) is 22.3. The highest BCUT2D eigenvalue weighted by Gasteiger charge is 2.50. The number of methoxy groups -OCH3 is 1. The molecule has 1 aliphatic carbocycles. The molecule has 2 aliphatic rings. The Labute approximate surface area is 225 Å². The molecule has 7 heteroatoms. The number of esters is 2. The quantitative estimate of drug-likeness (QED) is 0.401. The molecule has 0 radical (unpaired) electrons. The molecule has 2 aromatic carbocycles. The van der Waals surface area contributed by atoms with E-state index in [2.05, 4.69) is 4.90 Å². The molecule has 200 valence electrons. The summed E-state index contributed by atoms with van der Waals surface area (Å²) in [6.07, 6.45) is 4.64. The molecule has 0 bridgehead atoms. The lowest BCUT2D eigenvalue weighted by atomic mass is 9.61. The van der Waals surface area contributed by atoms with E-state index in [1.807, 2.05) is 51.1 Å². The number of hydrogen-bond donors (Lipinski definition) is 0. The third-order valence-electron chi connectivity index (χ3n) is 7.76. The number of carbonyl (C=O) groups is 2. The molecule has 2 aromatic rings. The molecular weight excluding hydrogens is 490 g/mol. The second kappa shape index (κ2) is 11.8. The first-order valence-electron chi connectivity index (χ1n) is 13.3. The largest absolute Gasteiger partial charge is 0.487 e. The maximum Gasteiger partial charge on any atom is 0.338 e. The molecule has 0 unspecified atom stereocenters. The molecule has 2 atom stereocenters. The summed E-state index contributed by atoms with van der Waals surface area (Å²) in [7, 11) is 1.46. The van der Waals surface area contributed by atoms with Gasteiger partial charge in [-0.25, -0.2) is 4.79 Å². The van der Waals surface area contributed by atoms with E-state index in [1.165, 1.54) is 12.7 Å². The predicted octanol–water partition coefficient (Wildman–Crippen LogP) is 6.46. The summed E-state index contributed by atoms with van der Waals surface area (Å²) >= 11 is 6.29. The zero-order valence-corrected chi connectivity index (χ0v) is 23.1. The number of carbonyl (C=O) groups excluding carboxylic acids is 2. The van der Waals surface area contributed by atoms with E-state index in [-0.39, 0.29) is 23.8 Å². The topological polar surface area (TPSA) is 65.1 Å². The van der Waals surface area contributed by atoms with E-state index in [0.717, 1.165) is 54.9 Å². The average molecular weight is 528 g/mol. The van der Waals surface area contributed by atoms with Crippen molar-refractivity contribution in [2.45, 2.75) is 59.5 Å². The van der Waals surface area contributed by atoms with Gasteiger partial charge in [0.05, 0.1) is 30.4 Å². The highest BCUT2D eigenvalue weighted by atomic mass is 35.5. The number of anilines is 1. The van der Waals surface area contributed by atoms with Crippen LogP contribution in [0.2, 0.25) is 5.02 Å². The number of benzene rings is 2. The lowest BCUT2D eigenvalue weighted by Crippen LogP contribution is -2.50. The van der Waals surface area contributed by atoms with Gasteiger partial charge >= 0.3 is 11.9 Å². The molecule has 37 heavy (non-hydrogen) atoms. The van der Waals surface area contributed by atoms with Crippen LogP contribution in [0.3, 0.4) is 0 Å². The molecule has 0 N–H and O–H groups in total. The lowest BCUT2D eigenvalue weighted by molar-refractivity contribution is -0.162. The van der Waals surface area contributed by atoms with Crippen LogP contribution in [0, 0.1) is 17.3 Å². The highest BCUT2D eigenvalue weighted by molar-refractivity contribution is 6.30. The molecule has 1 fully saturated rings. The fourth-order valence-corrected chi connectivity index (χ4v) is 5.43. The van der Waals surface area contributed by atoms with Crippen LogP contribution in [0.4, 0.5) is 5.69 Å². The van der Waals surface area contributed by atoms with E-state index in [0.29, 0.717) is 31.1 Å². The highest BCUT2D eigenvalue weighted by Crippen LogP contribution is 2.48. The maximum atomic E-state index is 12.8. The monoisotopic (exact) mass is 527 g/mol. The van der Waals surface area contributed by atoms with E-state index in [4.69, 9.17) is 25.8 Å². The minimum atomic E-state index is -0.497. The van der Waals surface area contributed by atoms with Gasteiger partial charge in [0, 0.05) is 18.1 Å². The molecule has 4 rings (SSSR count). The maximum absolute atomic E-state index is 12.8. The Kier molecular flexibility index (Phi) is 8.68. The molecule has 0 aromatic heterocycles. The predicted molar refractivity (Wildman–Crippen MR) is 145 cm³/mol. The van der Waals surface area contributed by atoms with Gasteiger partial charge in [-0.3, -0.25) is 4.79 Å². The van der Waals surface area contributed by atoms with Crippen LogP contribution < -0.4 is 9.64 Å². The SMILES string of the molecule is COC(=O)[C@@]1(C)CC[C@@H]1CN1CCCCc2cc(Cl)ccc2COc2ccc(C(=O)OCC(C)C)cc21. The average Bonchev–Trinajstić information content (AvgIpc) is 2.91. The van der Waals surface area contributed by atoms with Gasteiger partial charge in [-0.1, -0.05) is 31.5 Å². The van der Waals surface area contributed by atoms with Crippen LogP contribution in [0.25, 0.3) is 0 Å². The molecular formula is C30H38ClNO5. The van der Waals surface area contributed by atoms with Crippen LogP contribution in [0.1, 0.15) is 67.9 Å². The van der Waals surface area contributed by atoms with Crippen molar-refractivity contribution in [3.05, 3.63) is 58.1 Å². The number of fused-ring (bicyclic) bond motifs is 2. The van der Waals surface area contributed by atoms with Crippen molar-refractivity contribution >= 4 is 29.2 Å². The molecule has 1 heterocycles. The summed E-state index contributed by atoms with van der Waals surface area (Å²) in [6.45, 7) is 8.27. The number of halogens is 1. The summed E-state index contributed by atoms with van der Waals surface area (Å²) < 4.78 is 17.0. The Bertz CT molecular complexity index is 1130. The van der Waals surface area contributed by atoms with Crippen LogP contribution in [-0.2, 0) is 27.3 Å². The smallest absolute Gasteiger partial charge is 0.338 e.